The van der Waals surface area contributed by atoms with E-state index in [0.29, 0.717) is 17.2 Å². The molecular weight excluding hydrogens is 292 g/mol. The van der Waals surface area contributed by atoms with Crippen LogP contribution >= 0.6 is 11.3 Å². The Hall–Kier alpha value is -2.15. The Bertz CT molecular complexity index is 664. The predicted octanol–water partition coefficient (Wildman–Crippen LogP) is 2.20. The smallest absolute Gasteiger partial charge is 0.308 e. The van der Waals surface area contributed by atoms with Crippen LogP contribution in [0.1, 0.15) is 17.4 Å². The molecule has 6 nitrogen and oxygen atoms in total. The number of thiazole rings is 1. The van der Waals surface area contributed by atoms with Crippen molar-refractivity contribution in [2.24, 2.45) is 11.8 Å². The van der Waals surface area contributed by atoms with Gasteiger partial charge in [-0.05, 0) is 12.0 Å². The van der Waals surface area contributed by atoms with Crippen LogP contribution in [0.25, 0.3) is 10.6 Å². The van der Waals surface area contributed by atoms with Crippen LogP contribution in [0, 0.1) is 11.8 Å². The number of carboxylic acid groups (broad SMARTS) is 1. The van der Waals surface area contributed by atoms with Gasteiger partial charge in [-0.2, -0.15) is 0 Å². The highest BCUT2D eigenvalue weighted by atomic mass is 32.1. The standard InChI is InChI=1S/C14H14N2O4S/c1-8-4-16(5-10(8)14(18)19)13(17)11-7-21-12(15-11)9-2-3-20-6-9/h2-3,6-8,10H,4-5H2,1H3,(H,18,19)/t8-,10-/m1/s1. The van der Waals surface area contributed by atoms with Crippen molar-refractivity contribution in [3.05, 3.63) is 29.7 Å². The van der Waals surface area contributed by atoms with Gasteiger partial charge in [0.1, 0.15) is 17.0 Å². The second-order valence-corrected chi connectivity index (χ2v) is 6.04. The lowest BCUT2D eigenvalue weighted by Crippen LogP contribution is -2.30. The number of hydrogen-bond donors (Lipinski definition) is 1. The number of carbonyl (C=O) groups excluding carboxylic acids is 1. The highest BCUT2D eigenvalue weighted by Crippen LogP contribution is 2.27. The largest absolute Gasteiger partial charge is 0.481 e. The zero-order chi connectivity index (χ0) is 15.0. The molecule has 2 aromatic heterocycles. The van der Waals surface area contributed by atoms with E-state index in [1.807, 2.05) is 6.92 Å². The molecule has 0 unspecified atom stereocenters. The Kier molecular flexibility index (Phi) is 3.50. The van der Waals surface area contributed by atoms with Crippen LogP contribution in [0.5, 0.6) is 0 Å². The Balaban J connectivity index is 1.76. The van der Waals surface area contributed by atoms with Gasteiger partial charge in [-0.1, -0.05) is 6.92 Å². The minimum Gasteiger partial charge on any atom is -0.481 e. The van der Waals surface area contributed by atoms with Gasteiger partial charge in [0.2, 0.25) is 0 Å². The monoisotopic (exact) mass is 306 g/mol. The van der Waals surface area contributed by atoms with Crippen LogP contribution < -0.4 is 0 Å². The third-order valence-corrected chi connectivity index (χ3v) is 4.60. The number of furan rings is 1. The quantitative estimate of drug-likeness (QED) is 0.939. The van der Waals surface area contributed by atoms with Crippen molar-refractivity contribution in [2.45, 2.75) is 6.92 Å². The van der Waals surface area contributed by atoms with Crippen molar-refractivity contribution >= 4 is 23.2 Å². The third kappa shape index (κ3) is 2.56. The molecule has 1 saturated heterocycles. The van der Waals surface area contributed by atoms with E-state index in [1.54, 1.807) is 28.9 Å². The van der Waals surface area contributed by atoms with Crippen molar-refractivity contribution in [1.29, 1.82) is 0 Å². The summed E-state index contributed by atoms with van der Waals surface area (Å²) in [5.74, 6) is -1.61. The van der Waals surface area contributed by atoms with Crippen LogP contribution in [-0.2, 0) is 4.79 Å². The normalized spacial score (nSPS) is 21.7. The molecule has 21 heavy (non-hydrogen) atoms. The number of likely N-dealkylation sites (tertiary alicyclic amines) is 1. The van der Waals surface area contributed by atoms with Gasteiger partial charge in [-0.25, -0.2) is 4.98 Å². The zero-order valence-electron chi connectivity index (χ0n) is 11.4. The number of hydrogen-bond acceptors (Lipinski definition) is 5. The first-order valence-corrected chi connectivity index (χ1v) is 7.44. The van der Waals surface area contributed by atoms with Gasteiger partial charge in [0.25, 0.3) is 5.91 Å². The van der Waals surface area contributed by atoms with Crippen LogP contribution in [0.3, 0.4) is 0 Å². The summed E-state index contributed by atoms with van der Waals surface area (Å²) in [6.45, 7) is 2.55. The molecule has 110 valence electrons. The summed E-state index contributed by atoms with van der Waals surface area (Å²) in [5, 5.41) is 11.5. The number of aromatic nitrogens is 1. The summed E-state index contributed by atoms with van der Waals surface area (Å²) < 4.78 is 5.00. The van der Waals surface area contributed by atoms with Gasteiger partial charge >= 0.3 is 5.97 Å². The molecule has 7 heteroatoms. The fraction of sp³-hybridized carbons (Fsp3) is 0.357. The van der Waals surface area contributed by atoms with Gasteiger partial charge < -0.3 is 14.4 Å². The number of aliphatic carboxylic acids is 1. The second-order valence-electron chi connectivity index (χ2n) is 5.18. The van der Waals surface area contributed by atoms with E-state index in [-0.39, 0.29) is 18.4 Å². The Morgan fingerprint density at radius 3 is 2.90 bits per heavy atom. The summed E-state index contributed by atoms with van der Waals surface area (Å²) in [6.07, 6.45) is 3.13. The van der Waals surface area contributed by atoms with E-state index in [4.69, 9.17) is 9.52 Å². The minimum atomic E-state index is -0.852. The average molecular weight is 306 g/mol. The molecule has 0 aliphatic carbocycles. The second kappa shape index (κ2) is 5.33. The molecule has 1 fully saturated rings. The maximum Gasteiger partial charge on any atom is 0.308 e. The molecule has 3 heterocycles. The van der Waals surface area contributed by atoms with Crippen molar-refractivity contribution in [3.63, 3.8) is 0 Å². The molecule has 0 aromatic carbocycles. The summed E-state index contributed by atoms with van der Waals surface area (Å²) >= 11 is 1.37. The van der Waals surface area contributed by atoms with E-state index in [1.165, 1.54) is 11.3 Å². The van der Waals surface area contributed by atoms with Crippen molar-refractivity contribution in [1.82, 2.24) is 9.88 Å². The first kappa shape index (κ1) is 13.8. The predicted molar refractivity (Wildman–Crippen MR) is 76.0 cm³/mol. The minimum absolute atomic E-state index is 0.0431. The van der Waals surface area contributed by atoms with Crippen LogP contribution in [0.2, 0.25) is 0 Å². The Morgan fingerprint density at radius 2 is 2.29 bits per heavy atom. The molecule has 1 amide bonds. The zero-order valence-corrected chi connectivity index (χ0v) is 12.2. The fourth-order valence-corrected chi connectivity index (χ4v) is 3.29. The van der Waals surface area contributed by atoms with Crippen LogP contribution in [0.4, 0.5) is 0 Å². The first-order chi connectivity index (χ1) is 10.1. The molecule has 3 rings (SSSR count). The molecule has 1 N–H and O–H groups in total. The summed E-state index contributed by atoms with van der Waals surface area (Å²) in [4.78, 5) is 29.4. The van der Waals surface area contributed by atoms with E-state index in [2.05, 4.69) is 4.98 Å². The lowest BCUT2D eigenvalue weighted by Gasteiger charge is -2.13. The number of carboxylic acids is 1. The number of carbonyl (C=O) groups is 2. The lowest BCUT2D eigenvalue weighted by atomic mass is 9.99. The van der Waals surface area contributed by atoms with E-state index in [9.17, 15) is 9.59 Å². The summed E-state index contributed by atoms with van der Waals surface area (Å²) in [5.41, 5.74) is 1.19. The van der Waals surface area contributed by atoms with E-state index >= 15 is 0 Å². The van der Waals surface area contributed by atoms with E-state index < -0.39 is 11.9 Å². The summed E-state index contributed by atoms with van der Waals surface area (Å²) in [6, 6.07) is 1.78. The van der Waals surface area contributed by atoms with Gasteiger partial charge in [0.15, 0.2) is 0 Å². The van der Waals surface area contributed by atoms with Gasteiger partial charge in [-0.3, -0.25) is 9.59 Å². The highest BCUT2D eigenvalue weighted by Gasteiger charge is 2.37. The maximum absolute atomic E-state index is 12.4. The third-order valence-electron chi connectivity index (χ3n) is 3.71. The van der Waals surface area contributed by atoms with Crippen molar-refractivity contribution in [2.75, 3.05) is 13.1 Å². The maximum atomic E-state index is 12.4. The van der Waals surface area contributed by atoms with Gasteiger partial charge in [0, 0.05) is 24.0 Å². The number of amides is 1. The molecule has 2 atom stereocenters. The average Bonchev–Trinajstić information content (AvgIpc) is 3.17. The van der Waals surface area contributed by atoms with E-state index in [0.717, 1.165) is 5.56 Å². The molecule has 2 aromatic rings. The number of nitrogens with zero attached hydrogens (tertiary/aromatic N) is 2. The fourth-order valence-electron chi connectivity index (χ4n) is 2.51. The van der Waals surface area contributed by atoms with Crippen molar-refractivity contribution < 1.29 is 19.1 Å². The van der Waals surface area contributed by atoms with Crippen LogP contribution in [0.15, 0.2) is 28.4 Å². The Labute approximate surface area is 125 Å². The van der Waals surface area contributed by atoms with Crippen LogP contribution in [-0.4, -0.2) is 40.0 Å². The molecule has 0 spiro atoms. The molecule has 0 bridgehead atoms. The highest BCUT2D eigenvalue weighted by molar-refractivity contribution is 7.13. The molecule has 0 saturated carbocycles. The summed E-state index contributed by atoms with van der Waals surface area (Å²) in [7, 11) is 0. The lowest BCUT2D eigenvalue weighted by molar-refractivity contribution is -0.142. The molecule has 0 radical (unpaired) electrons. The topological polar surface area (TPSA) is 83.6 Å². The van der Waals surface area contributed by atoms with Gasteiger partial charge in [-0.15, -0.1) is 11.3 Å². The number of rotatable bonds is 3. The van der Waals surface area contributed by atoms with Crippen molar-refractivity contribution in [3.8, 4) is 10.6 Å². The molecule has 1 aliphatic heterocycles. The molecule has 1 aliphatic rings. The first-order valence-electron chi connectivity index (χ1n) is 6.56. The Morgan fingerprint density at radius 1 is 1.48 bits per heavy atom. The molecular formula is C14H14N2O4S. The van der Waals surface area contributed by atoms with Gasteiger partial charge in [0.05, 0.1) is 12.2 Å². The SMILES string of the molecule is C[C@@H]1CN(C(=O)c2csc(-c3ccoc3)n2)C[C@H]1C(=O)O.